The molecule has 0 aromatic heterocycles. The summed E-state index contributed by atoms with van der Waals surface area (Å²) in [5, 5.41) is 5.66. The Morgan fingerprint density at radius 1 is 1.20 bits per heavy atom. The van der Waals surface area contributed by atoms with E-state index in [0.29, 0.717) is 18.2 Å². The van der Waals surface area contributed by atoms with Crippen molar-refractivity contribution in [2.24, 2.45) is 17.3 Å². The van der Waals surface area contributed by atoms with E-state index < -0.39 is 6.09 Å². The highest BCUT2D eigenvalue weighted by Crippen LogP contribution is 2.59. The second kappa shape index (κ2) is 7.72. The lowest BCUT2D eigenvalue weighted by Gasteiger charge is -2.08. The molecular weight excluding hydrogens is 316 g/mol. The maximum absolute atomic E-state index is 12.4. The van der Waals surface area contributed by atoms with Crippen LogP contribution in [-0.4, -0.2) is 25.7 Å². The van der Waals surface area contributed by atoms with Crippen molar-refractivity contribution in [3.63, 3.8) is 0 Å². The molecule has 1 fully saturated rings. The van der Waals surface area contributed by atoms with Crippen molar-refractivity contribution in [2.75, 3.05) is 19.0 Å². The van der Waals surface area contributed by atoms with Crippen molar-refractivity contribution in [3.05, 3.63) is 41.5 Å². The van der Waals surface area contributed by atoms with Crippen molar-refractivity contribution >= 4 is 17.7 Å². The average Bonchev–Trinajstić information content (AvgIpc) is 3.08. The number of benzene rings is 1. The van der Waals surface area contributed by atoms with Crippen LogP contribution in [0.2, 0.25) is 0 Å². The number of anilines is 1. The molecule has 1 saturated carbocycles. The lowest BCUT2D eigenvalue weighted by molar-refractivity contribution is -0.123. The zero-order valence-electron chi connectivity index (χ0n) is 15.7. The lowest BCUT2D eigenvalue weighted by atomic mass is 10.1. The highest BCUT2D eigenvalue weighted by Gasteiger charge is 2.60. The zero-order chi connectivity index (χ0) is 18.6. The summed E-state index contributed by atoms with van der Waals surface area (Å²) in [5.41, 5.74) is 3.09. The number of hydrogen-bond donors (Lipinski definition) is 2. The first-order valence-electron chi connectivity index (χ1n) is 8.62. The van der Waals surface area contributed by atoms with Crippen molar-refractivity contribution < 1.29 is 14.3 Å². The van der Waals surface area contributed by atoms with Crippen LogP contribution in [0.5, 0.6) is 0 Å². The third kappa shape index (κ3) is 4.84. The molecule has 5 nitrogen and oxygen atoms in total. The number of hydrogen-bond acceptors (Lipinski definition) is 3. The SMILES string of the molecule is COC(=O)Nc1ccc(CCNC(=O)C2C(C=C(C)C)C2(C)C)cc1. The molecule has 0 heterocycles. The van der Waals surface area contributed by atoms with E-state index in [9.17, 15) is 9.59 Å². The summed E-state index contributed by atoms with van der Waals surface area (Å²) in [7, 11) is 1.33. The van der Waals surface area contributed by atoms with Crippen LogP contribution in [0.15, 0.2) is 35.9 Å². The van der Waals surface area contributed by atoms with Crippen LogP contribution >= 0.6 is 0 Å². The summed E-state index contributed by atoms with van der Waals surface area (Å²) in [6.07, 6.45) is 2.47. The fourth-order valence-electron chi connectivity index (χ4n) is 3.21. The van der Waals surface area contributed by atoms with Gasteiger partial charge in [0.25, 0.3) is 0 Å². The molecular formula is C20H28N2O3. The van der Waals surface area contributed by atoms with Crippen LogP contribution in [0.1, 0.15) is 33.3 Å². The molecule has 2 N–H and O–H groups in total. The number of allylic oxidation sites excluding steroid dienone is 2. The second-order valence-corrected chi connectivity index (χ2v) is 7.42. The van der Waals surface area contributed by atoms with Gasteiger partial charge in [0, 0.05) is 12.2 Å². The van der Waals surface area contributed by atoms with E-state index in [1.54, 1.807) is 0 Å². The Morgan fingerprint density at radius 2 is 1.84 bits per heavy atom. The van der Waals surface area contributed by atoms with Gasteiger partial charge in [0.1, 0.15) is 0 Å². The second-order valence-electron chi connectivity index (χ2n) is 7.42. The van der Waals surface area contributed by atoms with E-state index in [1.807, 2.05) is 24.3 Å². The van der Waals surface area contributed by atoms with Gasteiger partial charge in [-0.3, -0.25) is 10.1 Å². The van der Waals surface area contributed by atoms with Gasteiger partial charge in [-0.15, -0.1) is 0 Å². The molecule has 2 unspecified atom stereocenters. The molecule has 1 aromatic carbocycles. The number of carbonyl (C=O) groups is 2. The molecule has 0 spiro atoms. The summed E-state index contributed by atoms with van der Waals surface area (Å²) >= 11 is 0. The molecule has 1 aliphatic carbocycles. The fraction of sp³-hybridized carbons (Fsp3) is 0.500. The van der Waals surface area contributed by atoms with Crippen molar-refractivity contribution in [1.29, 1.82) is 0 Å². The highest BCUT2D eigenvalue weighted by atomic mass is 16.5. The molecule has 5 heteroatoms. The van der Waals surface area contributed by atoms with Gasteiger partial charge in [-0.25, -0.2) is 4.79 Å². The Hall–Kier alpha value is -2.30. The van der Waals surface area contributed by atoms with Gasteiger partial charge in [0.15, 0.2) is 0 Å². The topological polar surface area (TPSA) is 67.4 Å². The molecule has 0 aliphatic heterocycles. The molecule has 136 valence electrons. The lowest BCUT2D eigenvalue weighted by Crippen LogP contribution is -2.28. The van der Waals surface area contributed by atoms with E-state index in [0.717, 1.165) is 12.0 Å². The van der Waals surface area contributed by atoms with Crippen molar-refractivity contribution in [2.45, 2.75) is 34.1 Å². The molecule has 0 radical (unpaired) electrons. The maximum atomic E-state index is 12.4. The van der Waals surface area contributed by atoms with Gasteiger partial charge in [-0.2, -0.15) is 0 Å². The Bertz CT molecular complexity index is 658. The number of carbonyl (C=O) groups excluding carboxylic acids is 2. The third-order valence-corrected chi connectivity index (χ3v) is 4.80. The quantitative estimate of drug-likeness (QED) is 0.772. The molecule has 1 aromatic rings. The predicted molar refractivity (Wildman–Crippen MR) is 99.4 cm³/mol. The monoisotopic (exact) mass is 344 g/mol. The fourth-order valence-corrected chi connectivity index (χ4v) is 3.21. The number of ether oxygens (including phenoxy) is 1. The maximum Gasteiger partial charge on any atom is 0.411 e. The van der Waals surface area contributed by atoms with E-state index in [4.69, 9.17) is 0 Å². The summed E-state index contributed by atoms with van der Waals surface area (Å²) in [6.45, 7) is 9.05. The molecule has 1 aliphatic rings. The third-order valence-electron chi connectivity index (χ3n) is 4.80. The summed E-state index contributed by atoms with van der Waals surface area (Å²) in [5.74, 6) is 0.534. The molecule has 2 amide bonds. The van der Waals surface area contributed by atoms with E-state index in [2.05, 4.69) is 49.1 Å². The van der Waals surface area contributed by atoms with Gasteiger partial charge in [0.05, 0.1) is 13.0 Å². The van der Waals surface area contributed by atoms with E-state index >= 15 is 0 Å². The number of methoxy groups -OCH3 is 1. The Balaban J connectivity index is 1.80. The summed E-state index contributed by atoms with van der Waals surface area (Å²) < 4.78 is 4.55. The Labute approximate surface area is 149 Å². The van der Waals surface area contributed by atoms with Crippen LogP contribution in [0, 0.1) is 17.3 Å². The first-order valence-corrected chi connectivity index (χ1v) is 8.62. The molecule has 2 rings (SSSR count). The van der Waals surface area contributed by atoms with Crippen LogP contribution < -0.4 is 10.6 Å². The van der Waals surface area contributed by atoms with Gasteiger partial charge in [-0.1, -0.05) is 37.6 Å². The smallest absolute Gasteiger partial charge is 0.411 e. The summed E-state index contributed by atoms with van der Waals surface area (Å²) in [4.78, 5) is 23.6. The van der Waals surface area contributed by atoms with Gasteiger partial charge in [0.2, 0.25) is 5.91 Å². The first-order chi connectivity index (χ1) is 11.8. The van der Waals surface area contributed by atoms with Gasteiger partial charge >= 0.3 is 6.09 Å². The van der Waals surface area contributed by atoms with Crippen LogP contribution in [0.3, 0.4) is 0 Å². The Morgan fingerprint density at radius 3 is 2.40 bits per heavy atom. The average molecular weight is 344 g/mol. The molecule has 2 atom stereocenters. The largest absolute Gasteiger partial charge is 0.453 e. The standard InChI is InChI=1S/C20H28N2O3/c1-13(2)12-16-17(20(16,3)4)18(23)21-11-10-14-6-8-15(9-7-14)22-19(24)25-5/h6-9,12,16-17H,10-11H2,1-5H3,(H,21,23)(H,22,24). The van der Waals surface area contributed by atoms with Crippen LogP contribution in [-0.2, 0) is 16.0 Å². The van der Waals surface area contributed by atoms with E-state index in [1.165, 1.54) is 12.7 Å². The molecule has 0 bridgehead atoms. The van der Waals surface area contributed by atoms with E-state index in [-0.39, 0.29) is 17.2 Å². The van der Waals surface area contributed by atoms with Crippen LogP contribution in [0.25, 0.3) is 0 Å². The zero-order valence-corrected chi connectivity index (χ0v) is 15.7. The number of rotatable bonds is 6. The normalized spacial score (nSPS) is 20.4. The van der Waals surface area contributed by atoms with Crippen molar-refractivity contribution in [3.8, 4) is 0 Å². The number of amides is 2. The summed E-state index contributed by atoms with van der Waals surface area (Å²) in [6, 6.07) is 7.51. The first kappa shape index (κ1) is 19.0. The minimum Gasteiger partial charge on any atom is -0.453 e. The van der Waals surface area contributed by atoms with Crippen molar-refractivity contribution in [1.82, 2.24) is 5.32 Å². The van der Waals surface area contributed by atoms with Gasteiger partial charge in [-0.05, 0) is 49.3 Å². The van der Waals surface area contributed by atoms with Crippen LogP contribution in [0.4, 0.5) is 10.5 Å². The highest BCUT2D eigenvalue weighted by molar-refractivity contribution is 5.84. The minimum atomic E-state index is -0.488. The molecule has 0 saturated heterocycles. The molecule has 25 heavy (non-hydrogen) atoms. The Kier molecular flexibility index (Phi) is 5.88. The van der Waals surface area contributed by atoms with Gasteiger partial charge < -0.3 is 10.1 Å². The number of nitrogens with one attached hydrogen (secondary N) is 2. The minimum absolute atomic E-state index is 0.0442. The predicted octanol–water partition coefficient (Wildman–Crippen LogP) is 3.76.